The second-order valence-electron chi connectivity index (χ2n) is 3.40. The minimum atomic E-state index is -0.00749. The zero-order valence-corrected chi connectivity index (χ0v) is 9.15. The molecule has 1 aliphatic heterocycles. The molecule has 1 aromatic rings. The summed E-state index contributed by atoms with van der Waals surface area (Å²) in [6, 6.07) is 4.93. The second kappa shape index (κ2) is 4.59. The van der Waals surface area contributed by atoms with Gasteiger partial charge in [-0.1, -0.05) is 16.8 Å². The van der Waals surface area contributed by atoms with Gasteiger partial charge in [-0.15, -0.1) is 0 Å². The Morgan fingerprint density at radius 1 is 1.56 bits per heavy atom. The van der Waals surface area contributed by atoms with Gasteiger partial charge in [-0.2, -0.15) is 0 Å². The average Bonchev–Trinajstić information content (AvgIpc) is 2.22. The van der Waals surface area contributed by atoms with Crippen molar-refractivity contribution in [2.45, 2.75) is 6.10 Å². The molecule has 1 heterocycles. The lowest BCUT2D eigenvalue weighted by Gasteiger charge is -2.27. The highest BCUT2D eigenvalue weighted by Crippen LogP contribution is 2.25. The molecule has 2 rings (SSSR count). The van der Waals surface area contributed by atoms with Crippen LogP contribution in [0, 0.1) is 0 Å². The first-order valence-electron chi connectivity index (χ1n) is 4.72. The lowest BCUT2D eigenvalue weighted by Crippen LogP contribution is -2.39. The van der Waals surface area contributed by atoms with Gasteiger partial charge in [-0.05, 0) is 18.2 Å². The molecular weight excluding hydrogens is 232 g/mol. The molecule has 1 aromatic carbocycles. The zero-order valence-electron chi connectivity index (χ0n) is 8.39. The van der Waals surface area contributed by atoms with Gasteiger partial charge in [0.1, 0.15) is 11.9 Å². The molecule has 0 radical (unpaired) electrons. The van der Waals surface area contributed by atoms with Crippen molar-refractivity contribution in [3.63, 3.8) is 0 Å². The predicted molar refractivity (Wildman–Crippen MR) is 59.2 cm³/mol. The normalized spacial score (nSPS) is 16.9. The Balaban J connectivity index is 2.28. The smallest absolute Gasteiger partial charge is 0.173 e. The van der Waals surface area contributed by atoms with Crippen molar-refractivity contribution >= 4 is 17.4 Å². The maximum atomic E-state index is 8.64. The van der Waals surface area contributed by atoms with Gasteiger partial charge in [0, 0.05) is 5.02 Å². The minimum absolute atomic E-state index is 0.00343. The Morgan fingerprint density at radius 2 is 2.31 bits per heavy atom. The Morgan fingerprint density at radius 3 is 2.88 bits per heavy atom. The lowest BCUT2D eigenvalue weighted by atomic mass is 10.2. The Kier molecular flexibility index (Phi) is 3.17. The van der Waals surface area contributed by atoms with Gasteiger partial charge < -0.3 is 20.4 Å². The topological polar surface area (TPSA) is 77.1 Å². The second-order valence-corrected chi connectivity index (χ2v) is 3.84. The molecule has 0 atom stereocenters. The van der Waals surface area contributed by atoms with E-state index in [4.69, 9.17) is 32.0 Å². The van der Waals surface area contributed by atoms with Crippen molar-refractivity contribution in [3.8, 4) is 5.75 Å². The Labute approximate surface area is 97.4 Å². The van der Waals surface area contributed by atoms with Gasteiger partial charge in [-0.3, -0.25) is 0 Å². The SMILES string of the molecule is N/C(=N/O)c1ccc(Cl)cc1OC1COC1. The van der Waals surface area contributed by atoms with Crippen LogP contribution < -0.4 is 10.5 Å². The van der Waals surface area contributed by atoms with Crippen LogP contribution in [0.1, 0.15) is 5.56 Å². The number of hydrogen-bond acceptors (Lipinski definition) is 4. The molecular formula is C10H11ClN2O3. The van der Waals surface area contributed by atoms with Gasteiger partial charge in [0.25, 0.3) is 0 Å². The van der Waals surface area contributed by atoms with Gasteiger partial charge in [0.15, 0.2) is 5.84 Å². The molecule has 0 amide bonds. The quantitative estimate of drug-likeness (QED) is 0.362. The van der Waals surface area contributed by atoms with Crippen LogP contribution in [0.15, 0.2) is 23.4 Å². The molecule has 1 fully saturated rings. The third-order valence-electron chi connectivity index (χ3n) is 2.23. The monoisotopic (exact) mass is 242 g/mol. The Hall–Kier alpha value is -1.46. The van der Waals surface area contributed by atoms with E-state index in [1.807, 2.05) is 0 Å². The summed E-state index contributed by atoms with van der Waals surface area (Å²) in [6.45, 7) is 1.09. The summed E-state index contributed by atoms with van der Waals surface area (Å²) < 4.78 is 10.6. The molecule has 5 nitrogen and oxygen atoms in total. The molecule has 3 N–H and O–H groups in total. The summed E-state index contributed by atoms with van der Waals surface area (Å²) >= 11 is 5.85. The minimum Gasteiger partial charge on any atom is -0.485 e. The van der Waals surface area contributed by atoms with Gasteiger partial charge in [0.2, 0.25) is 0 Å². The molecule has 0 bridgehead atoms. The van der Waals surface area contributed by atoms with Crippen LogP contribution in [-0.4, -0.2) is 30.4 Å². The predicted octanol–water partition coefficient (Wildman–Crippen LogP) is 1.21. The number of nitrogens with two attached hydrogens (primary N) is 1. The van der Waals surface area contributed by atoms with Crippen LogP contribution in [-0.2, 0) is 4.74 Å². The fourth-order valence-electron chi connectivity index (χ4n) is 1.32. The maximum Gasteiger partial charge on any atom is 0.173 e. The van der Waals surface area contributed by atoms with Crippen molar-refractivity contribution in [2.75, 3.05) is 13.2 Å². The van der Waals surface area contributed by atoms with E-state index in [1.165, 1.54) is 0 Å². The van der Waals surface area contributed by atoms with Crippen molar-refractivity contribution in [3.05, 3.63) is 28.8 Å². The Bertz CT molecular complexity index is 419. The summed E-state index contributed by atoms with van der Waals surface area (Å²) in [6.07, 6.45) is 0.00343. The van der Waals surface area contributed by atoms with Crippen molar-refractivity contribution in [1.82, 2.24) is 0 Å². The summed E-state index contributed by atoms with van der Waals surface area (Å²) in [5, 5.41) is 12.1. The van der Waals surface area contributed by atoms with Gasteiger partial charge in [0.05, 0.1) is 18.8 Å². The van der Waals surface area contributed by atoms with Crippen LogP contribution in [0.5, 0.6) is 5.75 Å². The summed E-state index contributed by atoms with van der Waals surface area (Å²) in [7, 11) is 0. The first kappa shape index (κ1) is 11.0. The fraction of sp³-hybridized carbons (Fsp3) is 0.300. The highest BCUT2D eigenvalue weighted by Gasteiger charge is 2.22. The van der Waals surface area contributed by atoms with Crippen LogP contribution in [0.3, 0.4) is 0 Å². The molecule has 1 aliphatic rings. The molecule has 0 unspecified atom stereocenters. The largest absolute Gasteiger partial charge is 0.485 e. The number of amidine groups is 1. The fourth-order valence-corrected chi connectivity index (χ4v) is 1.48. The molecule has 0 aliphatic carbocycles. The van der Waals surface area contributed by atoms with Crippen molar-refractivity contribution in [2.24, 2.45) is 10.9 Å². The zero-order chi connectivity index (χ0) is 11.5. The molecule has 16 heavy (non-hydrogen) atoms. The number of oxime groups is 1. The van der Waals surface area contributed by atoms with E-state index in [2.05, 4.69) is 5.16 Å². The molecule has 6 heteroatoms. The van der Waals surface area contributed by atoms with Crippen LogP contribution in [0.25, 0.3) is 0 Å². The van der Waals surface area contributed by atoms with Gasteiger partial charge in [-0.25, -0.2) is 0 Å². The summed E-state index contributed by atoms with van der Waals surface area (Å²) in [4.78, 5) is 0. The molecule has 1 saturated heterocycles. The molecule has 86 valence electrons. The van der Waals surface area contributed by atoms with Crippen LogP contribution in [0.4, 0.5) is 0 Å². The number of hydrogen-bond donors (Lipinski definition) is 2. The first-order chi connectivity index (χ1) is 7.70. The van der Waals surface area contributed by atoms with E-state index in [0.717, 1.165) is 0 Å². The van der Waals surface area contributed by atoms with Crippen LogP contribution in [0.2, 0.25) is 5.02 Å². The standard InChI is InChI=1S/C10H11ClN2O3/c11-6-1-2-8(10(12)13-14)9(3-6)16-7-4-15-5-7/h1-3,7,14H,4-5H2,(H2,12,13). The van der Waals surface area contributed by atoms with Crippen molar-refractivity contribution in [1.29, 1.82) is 0 Å². The maximum absolute atomic E-state index is 8.64. The van der Waals surface area contributed by atoms with Crippen molar-refractivity contribution < 1.29 is 14.7 Å². The average molecular weight is 243 g/mol. The van der Waals surface area contributed by atoms with E-state index >= 15 is 0 Å². The number of benzene rings is 1. The van der Waals surface area contributed by atoms with E-state index in [0.29, 0.717) is 29.5 Å². The molecule has 0 saturated carbocycles. The van der Waals surface area contributed by atoms with E-state index < -0.39 is 0 Å². The number of rotatable bonds is 3. The molecule has 0 spiro atoms. The van der Waals surface area contributed by atoms with E-state index in [9.17, 15) is 0 Å². The highest BCUT2D eigenvalue weighted by atomic mass is 35.5. The summed E-state index contributed by atoms with van der Waals surface area (Å²) in [5.74, 6) is 0.489. The number of halogens is 1. The summed E-state index contributed by atoms with van der Waals surface area (Å²) in [5.41, 5.74) is 6.04. The van der Waals surface area contributed by atoms with Crippen LogP contribution >= 0.6 is 11.6 Å². The third-order valence-corrected chi connectivity index (χ3v) is 2.46. The highest BCUT2D eigenvalue weighted by molar-refractivity contribution is 6.30. The molecule has 0 aromatic heterocycles. The number of ether oxygens (including phenoxy) is 2. The van der Waals surface area contributed by atoms with Gasteiger partial charge >= 0.3 is 0 Å². The van der Waals surface area contributed by atoms with E-state index in [1.54, 1.807) is 18.2 Å². The first-order valence-corrected chi connectivity index (χ1v) is 5.10. The van der Waals surface area contributed by atoms with E-state index in [-0.39, 0.29) is 11.9 Å². The number of nitrogens with zero attached hydrogens (tertiary/aromatic N) is 1. The third kappa shape index (κ3) is 2.20. The lowest BCUT2D eigenvalue weighted by molar-refractivity contribution is -0.0797.